The van der Waals surface area contributed by atoms with Gasteiger partial charge in [-0.25, -0.2) is 4.39 Å². The van der Waals surface area contributed by atoms with Crippen LogP contribution in [-0.4, -0.2) is 22.1 Å². The third-order valence-electron chi connectivity index (χ3n) is 3.07. The zero-order chi connectivity index (χ0) is 14.4. The molecule has 20 heavy (non-hydrogen) atoms. The predicted octanol–water partition coefficient (Wildman–Crippen LogP) is 3.49. The normalized spacial score (nSPS) is 12.6. The minimum absolute atomic E-state index is 0.186. The largest absolute Gasteiger partial charge is 0.308 e. The molecule has 0 fully saturated rings. The van der Waals surface area contributed by atoms with E-state index in [0.29, 0.717) is 0 Å². The van der Waals surface area contributed by atoms with Crippen LogP contribution in [0, 0.1) is 5.82 Å². The van der Waals surface area contributed by atoms with E-state index < -0.39 is 0 Å². The number of thioether (sulfide) groups is 1. The average molecular weight is 293 g/mol. The summed E-state index contributed by atoms with van der Waals surface area (Å²) < 4.78 is 15.2. The fourth-order valence-corrected chi connectivity index (χ4v) is 3.15. The molecule has 108 valence electrons. The SMILES string of the molecule is CCNC(CSc1cccc(F)c1)c1ccnn1CC. The van der Waals surface area contributed by atoms with Gasteiger partial charge in [-0.15, -0.1) is 11.8 Å². The molecule has 1 aromatic carbocycles. The fraction of sp³-hybridized carbons (Fsp3) is 0.400. The van der Waals surface area contributed by atoms with Gasteiger partial charge in [-0.2, -0.15) is 5.10 Å². The van der Waals surface area contributed by atoms with Gasteiger partial charge in [-0.05, 0) is 37.7 Å². The number of rotatable bonds is 7. The molecule has 0 spiro atoms. The van der Waals surface area contributed by atoms with Crippen LogP contribution in [0.15, 0.2) is 41.4 Å². The third-order valence-corrected chi connectivity index (χ3v) is 4.16. The first-order valence-electron chi connectivity index (χ1n) is 6.88. The number of hydrogen-bond donors (Lipinski definition) is 1. The molecule has 1 heterocycles. The zero-order valence-electron chi connectivity index (χ0n) is 11.8. The summed E-state index contributed by atoms with van der Waals surface area (Å²) in [7, 11) is 0. The van der Waals surface area contributed by atoms with Crippen molar-refractivity contribution >= 4 is 11.8 Å². The first-order chi connectivity index (χ1) is 9.74. The number of aryl methyl sites for hydroxylation is 1. The van der Waals surface area contributed by atoms with Crippen molar-refractivity contribution in [2.45, 2.75) is 31.3 Å². The molecule has 3 nitrogen and oxygen atoms in total. The summed E-state index contributed by atoms with van der Waals surface area (Å²) in [6.07, 6.45) is 1.83. The number of halogens is 1. The predicted molar refractivity (Wildman–Crippen MR) is 81.4 cm³/mol. The smallest absolute Gasteiger partial charge is 0.124 e. The van der Waals surface area contributed by atoms with E-state index >= 15 is 0 Å². The van der Waals surface area contributed by atoms with Gasteiger partial charge < -0.3 is 5.32 Å². The maximum Gasteiger partial charge on any atom is 0.124 e. The van der Waals surface area contributed by atoms with Gasteiger partial charge in [-0.1, -0.05) is 13.0 Å². The Morgan fingerprint density at radius 3 is 2.90 bits per heavy atom. The summed E-state index contributed by atoms with van der Waals surface area (Å²) in [5, 5.41) is 7.78. The maximum atomic E-state index is 13.2. The van der Waals surface area contributed by atoms with Gasteiger partial charge in [0.15, 0.2) is 0 Å². The molecule has 0 saturated heterocycles. The highest BCUT2D eigenvalue weighted by atomic mass is 32.2. The summed E-state index contributed by atoms with van der Waals surface area (Å²) in [5.41, 5.74) is 1.18. The highest BCUT2D eigenvalue weighted by Crippen LogP contribution is 2.25. The standard InChI is InChI=1S/C15H20FN3S/c1-3-17-14(15-8-9-18-19(15)4-2)11-20-13-7-5-6-12(16)10-13/h5-10,14,17H,3-4,11H2,1-2H3. The molecule has 1 aromatic heterocycles. The van der Waals surface area contributed by atoms with Crippen LogP contribution in [-0.2, 0) is 6.54 Å². The lowest BCUT2D eigenvalue weighted by Gasteiger charge is -2.18. The molecule has 2 aromatic rings. The Bertz CT molecular complexity index is 541. The Morgan fingerprint density at radius 2 is 2.20 bits per heavy atom. The van der Waals surface area contributed by atoms with E-state index in [1.165, 1.54) is 11.8 Å². The maximum absolute atomic E-state index is 13.2. The second-order valence-electron chi connectivity index (χ2n) is 4.45. The van der Waals surface area contributed by atoms with Gasteiger partial charge in [0.1, 0.15) is 5.82 Å². The van der Waals surface area contributed by atoms with Crippen LogP contribution in [0.5, 0.6) is 0 Å². The van der Waals surface area contributed by atoms with Gasteiger partial charge in [0.2, 0.25) is 0 Å². The highest BCUT2D eigenvalue weighted by Gasteiger charge is 2.15. The number of aromatic nitrogens is 2. The van der Waals surface area contributed by atoms with Crippen molar-refractivity contribution in [1.82, 2.24) is 15.1 Å². The molecule has 2 rings (SSSR count). The van der Waals surface area contributed by atoms with Crippen molar-refractivity contribution in [3.05, 3.63) is 48.0 Å². The summed E-state index contributed by atoms with van der Waals surface area (Å²) in [6.45, 7) is 5.92. The van der Waals surface area contributed by atoms with Gasteiger partial charge in [0, 0.05) is 23.4 Å². The molecular formula is C15H20FN3S. The van der Waals surface area contributed by atoms with Gasteiger partial charge in [0.25, 0.3) is 0 Å². The monoisotopic (exact) mass is 293 g/mol. The van der Waals surface area contributed by atoms with E-state index in [9.17, 15) is 4.39 Å². The summed E-state index contributed by atoms with van der Waals surface area (Å²) in [4.78, 5) is 0.954. The van der Waals surface area contributed by atoms with Crippen molar-refractivity contribution < 1.29 is 4.39 Å². The van der Waals surface area contributed by atoms with Gasteiger partial charge in [0.05, 0.1) is 11.7 Å². The molecule has 0 saturated carbocycles. The minimum atomic E-state index is -0.186. The number of nitrogens with zero attached hydrogens (tertiary/aromatic N) is 2. The summed E-state index contributed by atoms with van der Waals surface area (Å²) in [5.74, 6) is 0.664. The second-order valence-corrected chi connectivity index (χ2v) is 5.54. The van der Waals surface area contributed by atoms with Crippen molar-refractivity contribution in [2.24, 2.45) is 0 Å². The molecule has 0 amide bonds. The van der Waals surface area contributed by atoms with Crippen LogP contribution in [0.25, 0.3) is 0 Å². The zero-order valence-corrected chi connectivity index (χ0v) is 12.7. The Labute approximate surface area is 123 Å². The van der Waals surface area contributed by atoms with Crippen LogP contribution in [0.1, 0.15) is 25.6 Å². The third kappa shape index (κ3) is 3.84. The Kier molecular flexibility index (Phi) is 5.61. The lowest BCUT2D eigenvalue weighted by atomic mass is 10.2. The quantitative estimate of drug-likeness (QED) is 0.793. The first kappa shape index (κ1) is 15.1. The van der Waals surface area contributed by atoms with E-state index in [0.717, 1.165) is 23.7 Å². The second kappa shape index (κ2) is 7.45. The van der Waals surface area contributed by atoms with E-state index in [2.05, 4.69) is 24.3 Å². The summed E-state index contributed by atoms with van der Waals surface area (Å²) >= 11 is 1.66. The molecule has 0 aliphatic rings. The summed E-state index contributed by atoms with van der Waals surface area (Å²) in [6, 6.07) is 8.99. The Hall–Kier alpha value is -1.33. The fourth-order valence-electron chi connectivity index (χ4n) is 2.13. The van der Waals surface area contributed by atoms with Crippen LogP contribution >= 0.6 is 11.8 Å². The number of nitrogens with one attached hydrogen (secondary N) is 1. The van der Waals surface area contributed by atoms with Crippen LogP contribution in [0.4, 0.5) is 4.39 Å². The molecule has 1 unspecified atom stereocenters. The van der Waals surface area contributed by atoms with Gasteiger partial charge >= 0.3 is 0 Å². The lowest BCUT2D eigenvalue weighted by molar-refractivity contribution is 0.527. The molecule has 0 aliphatic heterocycles. The Morgan fingerprint density at radius 1 is 1.35 bits per heavy atom. The van der Waals surface area contributed by atoms with Crippen LogP contribution in [0.2, 0.25) is 0 Å². The van der Waals surface area contributed by atoms with Crippen molar-refractivity contribution in [1.29, 1.82) is 0 Å². The molecule has 0 aliphatic carbocycles. The molecule has 1 N–H and O–H groups in total. The molecule has 5 heteroatoms. The highest BCUT2D eigenvalue weighted by molar-refractivity contribution is 7.99. The van der Waals surface area contributed by atoms with E-state index in [1.54, 1.807) is 23.9 Å². The minimum Gasteiger partial charge on any atom is -0.308 e. The van der Waals surface area contributed by atoms with Crippen LogP contribution in [0.3, 0.4) is 0 Å². The van der Waals surface area contributed by atoms with Crippen molar-refractivity contribution in [3.8, 4) is 0 Å². The molecule has 0 radical (unpaired) electrons. The average Bonchev–Trinajstić information content (AvgIpc) is 2.92. The molecule has 1 atom stereocenters. The number of benzene rings is 1. The first-order valence-corrected chi connectivity index (χ1v) is 7.86. The van der Waals surface area contributed by atoms with E-state index in [1.807, 2.05) is 23.0 Å². The van der Waals surface area contributed by atoms with Crippen molar-refractivity contribution in [2.75, 3.05) is 12.3 Å². The Balaban J connectivity index is 2.06. The van der Waals surface area contributed by atoms with E-state index in [4.69, 9.17) is 0 Å². The molecule has 0 bridgehead atoms. The van der Waals surface area contributed by atoms with Crippen molar-refractivity contribution in [3.63, 3.8) is 0 Å². The van der Waals surface area contributed by atoms with E-state index in [-0.39, 0.29) is 11.9 Å². The lowest BCUT2D eigenvalue weighted by Crippen LogP contribution is -2.25. The topological polar surface area (TPSA) is 29.9 Å². The molecular weight excluding hydrogens is 273 g/mol. The number of hydrogen-bond acceptors (Lipinski definition) is 3. The van der Waals surface area contributed by atoms with Crippen LogP contribution < -0.4 is 5.32 Å². The van der Waals surface area contributed by atoms with Gasteiger partial charge in [-0.3, -0.25) is 4.68 Å².